The maximum atomic E-state index is 12.2. The number of anilines is 1. The van der Waals surface area contributed by atoms with Crippen molar-refractivity contribution in [3.05, 3.63) is 30.3 Å². The molecule has 2 saturated carbocycles. The van der Waals surface area contributed by atoms with Crippen molar-refractivity contribution in [1.29, 1.82) is 0 Å². The number of nitrogens with one attached hydrogen (secondary N) is 2. The number of carbonyl (C=O) groups excluding carboxylic acids is 1. The first kappa shape index (κ1) is 20.5. The van der Waals surface area contributed by atoms with Gasteiger partial charge in [0.1, 0.15) is 0 Å². The standard InChI is InChI=1S/C17H24N2O.2C2H6/c1-17(11-13-6-5-7-14(10-13)12-17)19-16(20)18-15-8-3-2-4-9-15;2*1-2/h2-4,8-9,13-14H,5-7,10-12H2,1H3,(H2,18,19,20);2*1-2H3. The van der Waals surface area contributed by atoms with Crippen LogP contribution in [-0.4, -0.2) is 11.6 Å². The average molecular weight is 333 g/mol. The van der Waals surface area contributed by atoms with Crippen molar-refractivity contribution < 1.29 is 4.79 Å². The molecule has 3 rings (SSSR count). The minimum absolute atomic E-state index is 0.0349. The Morgan fingerprint density at radius 1 is 1.00 bits per heavy atom. The van der Waals surface area contributed by atoms with Crippen molar-refractivity contribution in [2.75, 3.05) is 5.32 Å². The summed E-state index contributed by atoms with van der Waals surface area (Å²) in [5.74, 6) is 1.62. The third-order valence-corrected chi connectivity index (χ3v) is 4.82. The van der Waals surface area contributed by atoms with Crippen molar-refractivity contribution in [1.82, 2.24) is 5.32 Å². The van der Waals surface area contributed by atoms with Gasteiger partial charge in [-0.1, -0.05) is 65.2 Å². The number of hydrogen-bond donors (Lipinski definition) is 2. The smallest absolute Gasteiger partial charge is 0.319 e. The average Bonchev–Trinajstić information content (AvgIpc) is 2.58. The van der Waals surface area contributed by atoms with Crippen LogP contribution in [0.15, 0.2) is 30.3 Å². The third kappa shape index (κ3) is 6.18. The van der Waals surface area contributed by atoms with Gasteiger partial charge in [-0.25, -0.2) is 4.79 Å². The predicted octanol–water partition coefficient (Wildman–Crippen LogP) is 6.22. The summed E-state index contributed by atoms with van der Waals surface area (Å²) in [6.07, 6.45) is 7.69. The third-order valence-electron chi connectivity index (χ3n) is 4.82. The maximum Gasteiger partial charge on any atom is 0.319 e. The van der Waals surface area contributed by atoms with Gasteiger partial charge in [-0.05, 0) is 50.2 Å². The van der Waals surface area contributed by atoms with Crippen LogP contribution in [-0.2, 0) is 0 Å². The first-order valence-electron chi connectivity index (χ1n) is 9.77. The number of amides is 2. The van der Waals surface area contributed by atoms with Crippen molar-refractivity contribution in [2.24, 2.45) is 11.8 Å². The normalized spacial score (nSPS) is 27.5. The van der Waals surface area contributed by atoms with Gasteiger partial charge >= 0.3 is 6.03 Å². The highest BCUT2D eigenvalue weighted by Gasteiger charge is 2.39. The van der Waals surface area contributed by atoms with E-state index in [0.717, 1.165) is 30.4 Å². The summed E-state index contributed by atoms with van der Waals surface area (Å²) < 4.78 is 0. The van der Waals surface area contributed by atoms with Crippen molar-refractivity contribution in [2.45, 2.75) is 78.7 Å². The Kier molecular flexibility index (Phi) is 8.88. The van der Waals surface area contributed by atoms with Crippen LogP contribution in [0.1, 0.15) is 73.1 Å². The van der Waals surface area contributed by atoms with Crippen LogP contribution in [0.25, 0.3) is 0 Å². The molecule has 0 heterocycles. The van der Waals surface area contributed by atoms with E-state index in [-0.39, 0.29) is 11.6 Å². The predicted molar refractivity (Wildman–Crippen MR) is 104 cm³/mol. The lowest BCUT2D eigenvalue weighted by Gasteiger charge is -2.45. The number of carbonyl (C=O) groups is 1. The quantitative estimate of drug-likeness (QED) is 0.663. The SMILES string of the molecule is CC.CC.CC1(NC(=O)Nc2ccccc2)CC2CCCC(C2)C1. The van der Waals surface area contributed by atoms with E-state index in [2.05, 4.69) is 17.6 Å². The molecule has 0 aliphatic heterocycles. The Balaban J connectivity index is 0.000000671. The Morgan fingerprint density at radius 2 is 1.54 bits per heavy atom. The molecule has 3 nitrogen and oxygen atoms in total. The van der Waals surface area contributed by atoms with Crippen LogP contribution in [0.2, 0.25) is 0 Å². The van der Waals surface area contributed by atoms with Gasteiger partial charge in [0.05, 0.1) is 0 Å². The molecule has 2 aliphatic carbocycles. The molecule has 1 aromatic rings. The number of hydrogen-bond acceptors (Lipinski definition) is 1. The maximum absolute atomic E-state index is 12.2. The van der Waals surface area contributed by atoms with E-state index in [1.165, 1.54) is 25.7 Å². The van der Waals surface area contributed by atoms with Crippen molar-refractivity contribution >= 4 is 11.7 Å². The number of para-hydroxylation sites is 1. The second kappa shape index (κ2) is 10.4. The van der Waals surface area contributed by atoms with E-state index >= 15 is 0 Å². The van der Waals surface area contributed by atoms with E-state index in [4.69, 9.17) is 0 Å². The van der Waals surface area contributed by atoms with Crippen LogP contribution >= 0.6 is 0 Å². The Morgan fingerprint density at radius 3 is 2.08 bits per heavy atom. The van der Waals surface area contributed by atoms with E-state index in [9.17, 15) is 4.79 Å². The molecule has 0 saturated heterocycles. The monoisotopic (exact) mass is 332 g/mol. The molecule has 2 N–H and O–H groups in total. The Bertz CT molecular complexity index is 460. The Labute approximate surface area is 148 Å². The summed E-state index contributed by atoms with van der Waals surface area (Å²) in [5, 5.41) is 6.15. The topological polar surface area (TPSA) is 41.1 Å². The second-order valence-corrected chi connectivity index (χ2v) is 6.81. The van der Waals surface area contributed by atoms with Gasteiger partial charge in [-0.2, -0.15) is 0 Å². The van der Waals surface area contributed by atoms with Gasteiger partial charge in [0.2, 0.25) is 0 Å². The van der Waals surface area contributed by atoms with Gasteiger partial charge in [-0.3, -0.25) is 0 Å². The first-order valence-corrected chi connectivity index (χ1v) is 9.77. The zero-order valence-electron chi connectivity index (χ0n) is 16.2. The molecule has 136 valence electrons. The summed E-state index contributed by atoms with van der Waals surface area (Å²) in [6.45, 7) is 10.2. The number of benzene rings is 1. The lowest BCUT2D eigenvalue weighted by Crippen LogP contribution is -2.53. The van der Waals surface area contributed by atoms with Gasteiger partial charge in [0.15, 0.2) is 0 Å². The summed E-state index contributed by atoms with van der Waals surface area (Å²) in [7, 11) is 0. The minimum Gasteiger partial charge on any atom is -0.333 e. The zero-order chi connectivity index (χ0) is 18.0. The summed E-state index contributed by atoms with van der Waals surface area (Å²) in [5.41, 5.74) is 0.817. The molecule has 24 heavy (non-hydrogen) atoms. The number of fused-ring (bicyclic) bond motifs is 2. The molecule has 0 spiro atoms. The van der Waals surface area contributed by atoms with Gasteiger partial charge in [0.25, 0.3) is 0 Å². The fourth-order valence-corrected chi connectivity index (χ4v) is 4.19. The van der Waals surface area contributed by atoms with E-state index in [1.807, 2.05) is 58.0 Å². The molecule has 1 aromatic carbocycles. The van der Waals surface area contributed by atoms with E-state index in [1.54, 1.807) is 0 Å². The number of urea groups is 1. The summed E-state index contributed by atoms with van der Waals surface area (Å²) in [4.78, 5) is 12.2. The number of rotatable bonds is 2. The molecule has 2 aliphatic rings. The van der Waals surface area contributed by atoms with E-state index < -0.39 is 0 Å². The van der Waals surface area contributed by atoms with Gasteiger partial charge < -0.3 is 10.6 Å². The van der Waals surface area contributed by atoms with Crippen molar-refractivity contribution in [3.8, 4) is 0 Å². The molecule has 2 unspecified atom stereocenters. The van der Waals surface area contributed by atoms with Gasteiger partial charge in [-0.15, -0.1) is 0 Å². The lowest BCUT2D eigenvalue weighted by molar-refractivity contribution is 0.106. The molecular formula is C21H36N2O. The van der Waals surface area contributed by atoms with Crippen LogP contribution in [0.5, 0.6) is 0 Å². The highest BCUT2D eigenvalue weighted by molar-refractivity contribution is 5.89. The van der Waals surface area contributed by atoms with Crippen LogP contribution in [0.4, 0.5) is 10.5 Å². The van der Waals surface area contributed by atoms with Crippen LogP contribution in [0, 0.1) is 11.8 Å². The molecule has 0 radical (unpaired) electrons. The molecule has 0 aromatic heterocycles. The molecule has 2 atom stereocenters. The largest absolute Gasteiger partial charge is 0.333 e. The lowest BCUT2D eigenvalue weighted by atomic mass is 9.65. The van der Waals surface area contributed by atoms with Crippen molar-refractivity contribution in [3.63, 3.8) is 0 Å². The van der Waals surface area contributed by atoms with E-state index in [0.29, 0.717) is 0 Å². The molecule has 3 heteroatoms. The molecule has 2 amide bonds. The Hall–Kier alpha value is -1.51. The summed E-state index contributed by atoms with van der Waals surface area (Å²) in [6, 6.07) is 9.57. The fourth-order valence-electron chi connectivity index (χ4n) is 4.19. The minimum atomic E-state index is -0.0707. The molecule has 2 fully saturated rings. The van der Waals surface area contributed by atoms with Crippen LogP contribution in [0.3, 0.4) is 0 Å². The highest BCUT2D eigenvalue weighted by Crippen LogP contribution is 2.44. The summed E-state index contributed by atoms with van der Waals surface area (Å²) >= 11 is 0. The molecular weight excluding hydrogens is 296 g/mol. The molecule has 2 bridgehead atoms. The zero-order valence-corrected chi connectivity index (χ0v) is 16.2. The first-order chi connectivity index (χ1) is 11.6. The fraction of sp³-hybridized carbons (Fsp3) is 0.667. The highest BCUT2D eigenvalue weighted by atomic mass is 16.2. The van der Waals surface area contributed by atoms with Gasteiger partial charge in [0, 0.05) is 11.2 Å². The second-order valence-electron chi connectivity index (χ2n) is 6.81. The van der Waals surface area contributed by atoms with Crippen LogP contribution < -0.4 is 10.6 Å².